The predicted octanol–water partition coefficient (Wildman–Crippen LogP) is 3.99. The Hall–Kier alpha value is -1.16. The topological polar surface area (TPSA) is 46.6 Å². The van der Waals surface area contributed by atoms with Gasteiger partial charge in [0, 0.05) is 30.7 Å². The number of fused-ring (bicyclic) bond motifs is 5. The third-order valence-corrected chi connectivity index (χ3v) is 8.51. The molecule has 4 aliphatic rings. The quantitative estimate of drug-likeness (QED) is 0.702. The highest BCUT2D eigenvalue weighted by atomic mass is 16.5. The molecule has 0 amide bonds. The van der Waals surface area contributed by atoms with E-state index in [-0.39, 0.29) is 22.9 Å². The summed E-state index contributed by atoms with van der Waals surface area (Å²) in [6, 6.07) is 0. The minimum absolute atomic E-state index is 0.0932. The van der Waals surface area contributed by atoms with Gasteiger partial charge >= 0.3 is 5.97 Å². The minimum atomic E-state index is -0.132. The first kappa shape index (κ1) is 19.2. The Morgan fingerprint density at radius 2 is 1.93 bits per heavy atom. The molecule has 0 spiro atoms. The molecule has 0 aliphatic heterocycles. The van der Waals surface area contributed by atoms with Crippen molar-refractivity contribution in [2.45, 2.75) is 71.3 Å². The van der Waals surface area contributed by atoms with Crippen LogP contribution in [0, 0.1) is 28.6 Å². The number of esters is 1. The number of carbonyl (C=O) groups is 2. The first-order valence-electron chi connectivity index (χ1n) is 10.8. The van der Waals surface area contributed by atoms with Crippen LogP contribution in [0.2, 0.25) is 0 Å². The van der Waals surface area contributed by atoms with Gasteiger partial charge in [0.25, 0.3) is 0 Å². The Morgan fingerprint density at radius 1 is 1.15 bits per heavy atom. The summed E-state index contributed by atoms with van der Waals surface area (Å²) < 4.78 is 5.77. The van der Waals surface area contributed by atoms with E-state index in [1.165, 1.54) is 24.8 Å². The van der Waals surface area contributed by atoms with E-state index in [9.17, 15) is 9.59 Å². The molecule has 0 bridgehead atoms. The van der Waals surface area contributed by atoms with Gasteiger partial charge < -0.3 is 9.64 Å². The molecule has 0 aromatic heterocycles. The second-order valence-electron chi connectivity index (χ2n) is 10.2. The molecule has 3 fully saturated rings. The van der Waals surface area contributed by atoms with E-state index < -0.39 is 0 Å². The SMILES string of the molecule is CC(=O)OC1CCC2C3CCC4=CC(=O)CCC4(CN(C)C)C3CCC12C. The van der Waals surface area contributed by atoms with Crippen molar-refractivity contribution in [1.29, 1.82) is 0 Å². The Labute approximate surface area is 163 Å². The van der Waals surface area contributed by atoms with E-state index in [1.807, 2.05) is 6.08 Å². The van der Waals surface area contributed by atoms with Crippen LogP contribution < -0.4 is 0 Å². The highest BCUT2D eigenvalue weighted by Crippen LogP contribution is 2.65. The van der Waals surface area contributed by atoms with Crippen LogP contribution in [0.1, 0.15) is 65.2 Å². The Morgan fingerprint density at radius 3 is 2.63 bits per heavy atom. The largest absolute Gasteiger partial charge is 0.462 e. The Kier molecular flexibility index (Phi) is 4.77. The first-order valence-corrected chi connectivity index (χ1v) is 10.8. The maximum Gasteiger partial charge on any atom is 0.302 e. The average Bonchev–Trinajstić information content (AvgIpc) is 2.91. The summed E-state index contributed by atoms with van der Waals surface area (Å²) >= 11 is 0. The molecule has 4 nitrogen and oxygen atoms in total. The molecule has 6 unspecified atom stereocenters. The minimum Gasteiger partial charge on any atom is -0.462 e. The van der Waals surface area contributed by atoms with Crippen LogP contribution in [0.5, 0.6) is 0 Å². The van der Waals surface area contributed by atoms with E-state index in [1.54, 1.807) is 6.92 Å². The zero-order chi connectivity index (χ0) is 19.4. The predicted molar refractivity (Wildman–Crippen MR) is 105 cm³/mol. The molecule has 0 aromatic carbocycles. The van der Waals surface area contributed by atoms with Crippen LogP contribution in [-0.4, -0.2) is 43.4 Å². The van der Waals surface area contributed by atoms with Crippen molar-refractivity contribution >= 4 is 11.8 Å². The second-order valence-corrected chi connectivity index (χ2v) is 10.2. The Bertz CT molecular complexity index is 669. The van der Waals surface area contributed by atoms with E-state index >= 15 is 0 Å². The zero-order valence-electron chi connectivity index (χ0n) is 17.4. The number of hydrogen-bond acceptors (Lipinski definition) is 4. The van der Waals surface area contributed by atoms with E-state index in [0.29, 0.717) is 30.0 Å². The molecule has 27 heavy (non-hydrogen) atoms. The van der Waals surface area contributed by atoms with Crippen LogP contribution in [0.25, 0.3) is 0 Å². The molecule has 0 aromatic rings. The summed E-state index contributed by atoms with van der Waals surface area (Å²) in [5.41, 5.74) is 1.76. The smallest absolute Gasteiger partial charge is 0.302 e. The number of rotatable bonds is 3. The van der Waals surface area contributed by atoms with Crippen molar-refractivity contribution in [3.63, 3.8) is 0 Å². The van der Waals surface area contributed by atoms with Gasteiger partial charge in [-0.2, -0.15) is 0 Å². The van der Waals surface area contributed by atoms with Crippen LogP contribution in [0.3, 0.4) is 0 Å². The van der Waals surface area contributed by atoms with Gasteiger partial charge in [0.1, 0.15) is 6.10 Å². The second kappa shape index (κ2) is 6.72. The fourth-order valence-electron chi connectivity index (χ4n) is 7.57. The van der Waals surface area contributed by atoms with Gasteiger partial charge in [0.15, 0.2) is 5.78 Å². The highest BCUT2D eigenvalue weighted by Gasteiger charge is 2.61. The average molecular weight is 374 g/mol. The van der Waals surface area contributed by atoms with Crippen molar-refractivity contribution < 1.29 is 14.3 Å². The fourth-order valence-corrected chi connectivity index (χ4v) is 7.57. The lowest BCUT2D eigenvalue weighted by Gasteiger charge is -2.59. The van der Waals surface area contributed by atoms with Crippen molar-refractivity contribution in [2.75, 3.05) is 20.6 Å². The first-order chi connectivity index (χ1) is 12.8. The monoisotopic (exact) mass is 373 g/mol. The lowest BCUT2D eigenvalue weighted by Crippen LogP contribution is -2.55. The maximum absolute atomic E-state index is 12.1. The van der Waals surface area contributed by atoms with Crippen molar-refractivity contribution in [3.8, 4) is 0 Å². The summed E-state index contributed by atoms with van der Waals surface area (Å²) in [4.78, 5) is 26.1. The molecular formula is C23H35NO3. The van der Waals surface area contributed by atoms with Crippen LogP contribution in [0.15, 0.2) is 11.6 Å². The fraction of sp³-hybridized carbons (Fsp3) is 0.826. The summed E-state index contributed by atoms with van der Waals surface area (Å²) in [5, 5.41) is 0. The van der Waals surface area contributed by atoms with Crippen molar-refractivity contribution in [1.82, 2.24) is 4.90 Å². The zero-order valence-corrected chi connectivity index (χ0v) is 17.4. The number of ether oxygens (including phenoxy) is 1. The van der Waals surface area contributed by atoms with Gasteiger partial charge in [-0.1, -0.05) is 12.5 Å². The van der Waals surface area contributed by atoms with Gasteiger partial charge in [-0.25, -0.2) is 0 Å². The van der Waals surface area contributed by atoms with Gasteiger partial charge in [0.05, 0.1) is 0 Å². The molecule has 4 aliphatic carbocycles. The normalized spacial score (nSPS) is 43.6. The van der Waals surface area contributed by atoms with Crippen LogP contribution >= 0.6 is 0 Å². The lowest BCUT2D eigenvalue weighted by atomic mass is 9.46. The van der Waals surface area contributed by atoms with Gasteiger partial charge in [-0.05, 0) is 82.9 Å². The summed E-state index contributed by atoms with van der Waals surface area (Å²) in [6.45, 7) is 4.98. The van der Waals surface area contributed by atoms with Crippen LogP contribution in [-0.2, 0) is 14.3 Å². The molecule has 4 heteroatoms. The summed E-state index contributed by atoms with van der Waals surface area (Å²) in [6.07, 6.45) is 10.7. The third kappa shape index (κ3) is 2.99. The third-order valence-electron chi connectivity index (χ3n) is 8.51. The molecule has 0 saturated heterocycles. The summed E-state index contributed by atoms with van der Waals surface area (Å²) in [5.74, 6) is 2.22. The lowest BCUT2D eigenvalue weighted by molar-refractivity contribution is -0.157. The molecule has 3 saturated carbocycles. The molecule has 6 atom stereocenters. The van der Waals surface area contributed by atoms with Gasteiger partial charge in [0.2, 0.25) is 0 Å². The van der Waals surface area contributed by atoms with E-state index in [2.05, 4.69) is 25.9 Å². The number of nitrogens with zero attached hydrogens (tertiary/aromatic N) is 1. The highest BCUT2D eigenvalue weighted by molar-refractivity contribution is 5.91. The molecule has 150 valence electrons. The van der Waals surface area contributed by atoms with Crippen molar-refractivity contribution in [2.24, 2.45) is 28.6 Å². The molecule has 0 heterocycles. The summed E-state index contributed by atoms with van der Waals surface area (Å²) in [7, 11) is 4.34. The maximum atomic E-state index is 12.1. The van der Waals surface area contributed by atoms with Crippen LogP contribution in [0.4, 0.5) is 0 Å². The standard InChI is InChI=1S/C23H35NO3/c1-15(25)27-21-8-7-19-18-6-5-16-13-17(26)9-12-23(16,14-24(3)4)20(18)10-11-22(19,21)2/h13,18-21H,5-12,14H2,1-4H3. The molecule has 4 rings (SSSR count). The molecular weight excluding hydrogens is 338 g/mol. The van der Waals surface area contributed by atoms with E-state index in [0.717, 1.165) is 32.2 Å². The Balaban J connectivity index is 1.66. The number of carbonyl (C=O) groups excluding carboxylic acids is 2. The van der Waals surface area contributed by atoms with Gasteiger partial charge in [-0.15, -0.1) is 0 Å². The number of ketones is 1. The van der Waals surface area contributed by atoms with Gasteiger partial charge in [-0.3, -0.25) is 9.59 Å². The molecule has 0 radical (unpaired) electrons. The van der Waals surface area contributed by atoms with Crippen molar-refractivity contribution in [3.05, 3.63) is 11.6 Å². The molecule has 0 N–H and O–H groups in total. The number of hydrogen-bond donors (Lipinski definition) is 0. The van der Waals surface area contributed by atoms with E-state index in [4.69, 9.17) is 4.74 Å².